The molecule has 0 fully saturated rings. The molecule has 0 bridgehead atoms. The van der Waals surface area contributed by atoms with Gasteiger partial charge in [-0.1, -0.05) is 237 Å². The Morgan fingerprint density at radius 2 is 0.759 bits per heavy atom. The van der Waals surface area contributed by atoms with Crippen LogP contribution in [-0.4, -0.2) is 34.9 Å². The van der Waals surface area contributed by atoms with Gasteiger partial charge in [-0.15, -0.1) is 0 Å². The SMILES string of the molecule is CCCCC/C=C\C/C=C\CCCCCCCCCCCC(=O)NC(CO)C(O)/C=C/CCCCCCCCCCCCCCCCCCCCCCC. The molecule has 0 rings (SSSR count). The van der Waals surface area contributed by atoms with Crippen molar-refractivity contribution in [1.82, 2.24) is 5.32 Å². The average molecular weight is 758 g/mol. The van der Waals surface area contributed by atoms with E-state index >= 15 is 0 Å². The van der Waals surface area contributed by atoms with E-state index in [-0.39, 0.29) is 12.5 Å². The van der Waals surface area contributed by atoms with Gasteiger partial charge in [0, 0.05) is 6.42 Å². The topological polar surface area (TPSA) is 69.6 Å². The number of aliphatic hydroxyl groups is 2. The summed E-state index contributed by atoms with van der Waals surface area (Å²) in [5.74, 6) is -0.0668. The number of amides is 1. The second-order valence-electron chi connectivity index (χ2n) is 16.5. The van der Waals surface area contributed by atoms with Crippen molar-refractivity contribution in [3.05, 3.63) is 36.5 Å². The van der Waals surface area contributed by atoms with Crippen molar-refractivity contribution in [2.75, 3.05) is 6.61 Å². The first kappa shape index (κ1) is 52.6. The van der Waals surface area contributed by atoms with Crippen LogP contribution in [0.3, 0.4) is 0 Å². The Labute approximate surface area is 338 Å². The zero-order valence-corrected chi connectivity index (χ0v) is 36.5. The number of carbonyl (C=O) groups excluding carboxylic acids is 1. The molecule has 0 saturated heterocycles. The van der Waals surface area contributed by atoms with E-state index < -0.39 is 12.1 Å². The molecule has 0 aliphatic carbocycles. The number of nitrogens with one attached hydrogen (secondary N) is 1. The molecule has 1 amide bonds. The fourth-order valence-corrected chi connectivity index (χ4v) is 7.39. The summed E-state index contributed by atoms with van der Waals surface area (Å²) in [5.41, 5.74) is 0. The van der Waals surface area contributed by atoms with Gasteiger partial charge in [0.1, 0.15) is 0 Å². The summed E-state index contributed by atoms with van der Waals surface area (Å²) >= 11 is 0. The maximum atomic E-state index is 12.4. The van der Waals surface area contributed by atoms with Gasteiger partial charge < -0.3 is 15.5 Å². The third-order valence-corrected chi connectivity index (χ3v) is 11.1. The lowest BCUT2D eigenvalue weighted by atomic mass is 10.0. The van der Waals surface area contributed by atoms with Gasteiger partial charge in [0.15, 0.2) is 0 Å². The van der Waals surface area contributed by atoms with Crippen LogP contribution in [0.4, 0.5) is 0 Å². The van der Waals surface area contributed by atoms with Crippen molar-refractivity contribution in [3.8, 4) is 0 Å². The number of hydrogen-bond acceptors (Lipinski definition) is 3. The second-order valence-corrected chi connectivity index (χ2v) is 16.5. The van der Waals surface area contributed by atoms with Crippen LogP contribution in [-0.2, 0) is 4.79 Å². The summed E-state index contributed by atoms with van der Waals surface area (Å²) < 4.78 is 0. The Balaban J connectivity index is 3.53. The van der Waals surface area contributed by atoms with Gasteiger partial charge in [-0.3, -0.25) is 4.79 Å². The molecule has 0 heterocycles. The van der Waals surface area contributed by atoms with Crippen LogP contribution >= 0.6 is 0 Å². The predicted molar refractivity (Wildman–Crippen MR) is 239 cm³/mol. The molecule has 0 aromatic rings. The van der Waals surface area contributed by atoms with E-state index in [0.717, 1.165) is 32.1 Å². The molecule has 3 N–H and O–H groups in total. The summed E-state index contributed by atoms with van der Waals surface area (Å²) in [6.07, 6.45) is 61.2. The number of allylic oxidation sites excluding steroid dienone is 5. The lowest BCUT2D eigenvalue weighted by molar-refractivity contribution is -0.123. The van der Waals surface area contributed by atoms with Crippen LogP contribution in [0, 0.1) is 0 Å². The van der Waals surface area contributed by atoms with E-state index in [1.54, 1.807) is 6.08 Å². The van der Waals surface area contributed by atoms with Crippen molar-refractivity contribution in [3.63, 3.8) is 0 Å². The van der Waals surface area contributed by atoms with Crippen LogP contribution in [0.15, 0.2) is 36.5 Å². The Morgan fingerprint density at radius 1 is 0.444 bits per heavy atom. The molecule has 0 spiro atoms. The number of aliphatic hydroxyl groups excluding tert-OH is 2. The molecule has 2 unspecified atom stereocenters. The quantitative estimate of drug-likeness (QED) is 0.0428. The van der Waals surface area contributed by atoms with E-state index in [9.17, 15) is 15.0 Å². The predicted octanol–water partition coefficient (Wildman–Crippen LogP) is 15.4. The maximum absolute atomic E-state index is 12.4. The molecule has 54 heavy (non-hydrogen) atoms. The summed E-state index contributed by atoms with van der Waals surface area (Å²) in [5, 5.41) is 23.1. The van der Waals surface area contributed by atoms with Crippen LogP contribution in [0.5, 0.6) is 0 Å². The number of unbranched alkanes of at least 4 members (excludes halogenated alkanes) is 33. The maximum Gasteiger partial charge on any atom is 0.220 e. The van der Waals surface area contributed by atoms with Gasteiger partial charge in [0.2, 0.25) is 5.91 Å². The molecule has 0 radical (unpaired) electrons. The Kier molecular flexibility index (Phi) is 44.8. The minimum Gasteiger partial charge on any atom is -0.394 e. The first-order valence-electron chi connectivity index (χ1n) is 24.2. The van der Waals surface area contributed by atoms with Gasteiger partial charge in [-0.25, -0.2) is 0 Å². The number of carbonyl (C=O) groups is 1. The lowest BCUT2D eigenvalue weighted by Crippen LogP contribution is -2.45. The first-order chi connectivity index (χ1) is 26.7. The summed E-state index contributed by atoms with van der Waals surface area (Å²) in [7, 11) is 0. The second kappa shape index (κ2) is 46.0. The largest absolute Gasteiger partial charge is 0.394 e. The molecule has 4 heteroatoms. The molecule has 0 aliphatic rings. The van der Waals surface area contributed by atoms with Gasteiger partial charge >= 0.3 is 0 Å². The highest BCUT2D eigenvalue weighted by molar-refractivity contribution is 5.76. The smallest absolute Gasteiger partial charge is 0.220 e. The van der Waals surface area contributed by atoms with Crippen molar-refractivity contribution in [2.24, 2.45) is 0 Å². The van der Waals surface area contributed by atoms with Crippen LogP contribution < -0.4 is 5.32 Å². The molecule has 4 nitrogen and oxygen atoms in total. The van der Waals surface area contributed by atoms with Gasteiger partial charge in [0.05, 0.1) is 18.8 Å². The highest BCUT2D eigenvalue weighted by Gasteiger charge is 2.18. The fraction of sp³-hybridized carbons (Fsp3) is 0.860. The van der Waals surface area contributed by atoms with Crippen molar-refractivity contribution < 1.29 is 15.0 Å². The van der Waals surface area contributed by atoms with Crippen molar-refractivity contribution >= 4 is 5.91 Å². The summed E-state index contributed by atoms with van der Waals surface area (Å²) in [6.45, 7) is 4.30. The molecule has 0 aromatic carbocycles. The third kappa shape index (κ3) is 41.8. The number of hydrogen-bond donors (Lipinski definition) is 3. The lowest BCUT2D eigenvalue weighted by Gasteiger charge is -2.20. The zero-order valence-electron chi connectivity index (χ0n) is 36.5. The fourth-order valence-electron chi connectivity index (χ4n) is 7.39. The Bertz CT molecular complexity index is 821. The molecule has 2 atom stereocenters. The molecule has 0 aliphatic heterocycles. The minimum atomic E-state index is -0.841. The van der Waals surface area contributed by atoms with E-state index in [4.69, 9.17) is 0 Å². The van der Waals surface area contributed by atoms with Gasteiger partial charge in [0.25, 0.3) is 0 Å². The van der Waals surface area contributed by atoms with E-state index in [1.807, 2.05) is 6.08 Å². The van der Waals surface area contributed by atoms with Crippen LogP contribution in [0.2, 0.25) is 0 Å². The van der Waals surface area contributed by atoms with E-state index in [1.165, 1.54) is 205 Å². The van der Waals surface area contributed by atoms with E-state index in [2.05, 4.69) is 43.5 Å². The summed E-state index contributed by atoms with van der Waals surface area (Å²) in [6, 6.07) is -0.624. The molecular formula is C50H95NO3. The van der Waals surface area contributed by atoms with Crippen molar-refractivity contribution in [1.29, 1.82) is 0 Å². The molecular weight excluding hydrogens is 663 g/mol. The van der Waals surface area contributed by atoms with Gasteiger partial charge in [-0.05, 0) is 51.4 Å². The highest BCUT2D eigenvalue weighted by atomic mass is 16.3. The average Bonchev–Trinajstić information content (AvgIpc) is 3.18. The Hall–Kier alpha value is -1.39. The molecule has 0 saturated carbocycles. The zero-order chi connectivity index (χ0) is 39.3. The van der Waals surface area contributed by atoms with Crippen LogP contribution in [0.25, 0.3) is 0 Å². The normalized spacial score (nSPS) is 13.2. The standard InChI is InChI=1S/C50H95NO3/c1-3-5-7-9-11-13-15-17-19-21-23-24-25-26-28-29-31-33-35-37-39-41-43-45-49(53)48(47-52)51-50(54)46-44-42-40-38-36-34-32-30-27-22-20-18-16-14-12-10-8-6-4-2/h12,14,18,20,43,45,48-49,52-53H,3-11,13,15-17,19,21-42,44,46-47H2,1-2H3,(H,51,54)/b14-12-,20-18-,45-43+. The monoisotopic (exact) mass is 758 g/mol. The number of rotatable bonds is 44. The first-order valence-corrected chi connectivity index (χ1v) is 24.2. The molecule has 0 aromatic heterocycles. The highest BCUT2D eigenvalue weighted by Crippen LogP contribution is 2.16. The molecule has 318 valence electrons. The van der Waals surface area contributed by atoms with E-state index in [0.29, 0.717) is 6.42 Å². The van der Waals surface area contributed by atoms with Gasteiger partial charge in [-0.2, -0.15) is 0 Å². The van der Waals surface area contributed by atoms with Crippen LogP contribution in [0.1, 0.15) is 258 Å². The summed E-state index contributed by atoms with van der Waals surface area (Å²) in [4.78, 5) is 12.4. The third-order valence-electron chi connectivity index (χ3n) is 11.1. The minimum absolute atomic E-state index is 0.0668. The Morgan fingerprint density at radius 3 is 1.15 bits per heavy atom. The van der Waals surface area contributed by atoms with Crippen molar-refractivity contribution in [2.45, 2.75) is 270 Å².